The van der Waals surface area contributed by atoms with E-state index >= 15 is 0 Å². The zero-order chi connectivity index (χ0) is 20.3. The smallest absolute Gasteiger partial charge is 0.305 e. The predicted molar refractivity (Wildman–Crippen MR) is 98.5 cm³/mol. The zero-order valence-electron chi connectivity index (χ0n) is 15.0. The molecule has 1 saturated heterocycles. The highest BCUT2D eigenvalue weighted by Gasteiger charge is 2.46. The number of aliphatic hydroxyl groups is 1. The number of carboxylic acid groups (broad SMARTS) is 1. The van der Waals surface area contributed by atoms with Gasteiger partial charge in [-0.05, 0) is 35.9 Å². The van der Waals surface area contributed by atoms with Gasteiger partial charge in [0.2, 0.25) is 0 Å². The molecule has 2 heterocycles. The lowest BCUT2D eigenvalue weighted by Crippen LogP contribution is -2.31. The monoisotopic (exact) mass is 382 g/mol. The van der Waals surface area contributed by atoms with Crippen LogP contribution in [0.15, 0.2) is 54.4 Å². The second-order valence-corrected chi connectivity index (χ2v) is 6.15. The number of likely N-dealkylation sites (tertiary alicyclic amines) is 1. The molecule has 1 aromatic heterocycles. The number of carbonyl (C=O) groups is 3. The van der Waals surface area contributed by atoms with Crippen LogP contribution in [0.4, 0.5) is 0 Å². The number of carboxylic acids is 1. The van der Waals surface area contributed by atoms with Gasteiger partial charge in [0.15, 0.2) is 0 Å². The van der Waals surface area contributed by atoms with Crippen LogP contribution in [0.1, 0.15) is 23.6 Å². The van der Waals surface area contributed by atoms with Crippen molar-refractivity contribution in [1.82, 2.24) is 9.88 Å². The molecule has 1 fully saturated rings. The number of rotatable bonds is 6. The van der Waals surface area contributed by atoms with Gasteiger partial charge < -0.3 is 19.8 Å². The number of benzene rings is 1. The quantitative estimate of drug-likeness (QED) is 0.446. The van der Waals surface area contributed by atoms with E-state index in [-0.39, 0.29) is 24.3 Å². The van der Waals surface area contributed by atoms with E-state index in [0.717, 1.165) is 4.90 Å². The topological polar surface area (TPSA) is 117 Å². The van der Waals surface area contributed by atoms with Crippen molar-refractivity contribution >= 4 is 23.4 Å². The number of ether oxygens (including phenoxy) is 1. The molecule has 0 spiro atoms. The number of carbonyl (C=O) groups excluding carboxylic acids is 2. The molecule has 0 radical (unpaired) electrons. The van der Waals surface area contributed by atoms with Crippen LogP contribution in [0.2, 0.25) is 0 Å². The van der Waals surface area contributed by atoms with Crippen molar-refractivity contribution in [3.8, 4) is 5.75 Å². The fourth-order valence-corrected chi connectivity index (χ4v) is 3.12. The van der Waals surface area contributed by atoms with Crippen LogP contribution in [0.5, 0.6) is 5.75 Å². The van der Waals surface area contributed by atoms with Gasteiger partial charge in [-0.2, -0.15) is 0 Å². The lowest BCUT2D eigenvalue weighted by atomic mass is 9.96. The number of hydrogen-bond donors (Lipinski definition) is 2. The second-order valence-electron chi connectivity index (χ2n) is 6.15. The maximum Gasteiger partial charge on any atom is 0.305 e. The molecule has 8 heteroatoms. The van der Waals surface area contributed by atoms with E-state index in [9.17, 15) is 19.5 Å². The van der Waals surface area contributed by atoms with Crippen molar-refractivity contribution < 1.29 is 29.3 Å². The van der Waals surface area contributed by atoms with Crippen molar-refractivity contribution in [3.05, 3.63) is 65.5 Å². The number of hydrogen-bond acceptors (Lipinski definition) is 6. The maximum atomic E-state index is 12.7. The Hall–Kier alpha value is -3.68. The zero-order valence-corrected chi connectivity index (χ0v) is 15.0. The van der Waals surface area contributed by atoms with Gasteiger partial charge in [0.1, 0.15) is 11.5 Å². The molecule has 2 aromatic rings. The molecule has 8 nitrogen and oxygen atoms in total. The van der Waals surface area contributed by atoms with Crippen LogP contribution in [-0.2, 0) is 14.4 Å². The summed E-state index contributed by atoms with van der Waals surface area (Å²) in [6.45, 7) is -0.168. The lowest BCUT2D eigenvalue weighted by Gasteiger charge is -2.24. The summed E-state index contributed by atoms with van der Waals surface area (Å²) in [5.74, 6) is -2.59. The van der Waals surface area contributed by atoms with E-state index in [2.05, 4.69) is 4.98 Å². The maximum absolute atomic E-state index is 12.7. The van der Waals surface area contributed by atoms with Crippen molar-refractivity contribution in [2.45, 2.75) is 12.5 Å². The number of aliphatic hydroxyl groups excluding tert-OH is 1. The second kappa shape index (κ2) is 7.91. The first-order valence-corrected chi connectivity index (χ1v) is 8.48. The van der Waals surface area contributed by atoms with E-state index < -0.39 is 23.7 Å². The first kappa shape index (κ1) is 19.1. The molecule has 0 bridgehead atoms. The summed E-state index contributed by atoms with van der Waals surface area (Å²) in [4.78, 5) is 41.4. The van der Waals surface area contributed by atoms with E-state index in [1.54, 1.807) is 36.4 Å². The average molecular weight is 382 g/mol. The van der Waals surface area contributed by atoms with Gasteiger partial charge in [-0.25, -0.2) is 0 Å². The van der Waals surface area contributed by atoms with Crippen LogP contribution < -0.4 is 4.74 Å². The Morgan fingerprint density at radius 2 is 1.89 bits per heavy atom. The first-order valence-electron chi connectivity index (χ1n) is 8.48. The third-order valence-corrected chi connectivity index (χ3v) is 4.47. The van der Waals surface area contributed by atoms with E-state index in [1.165, 1.54) is 19.5 Å². The highest BCUT2D eigenvalue weighted by atomic mass is 16.5. The summed E-state index contributed by atoms with van der Waals surface area (Å²) >= 11 is 0. The number of ketones is 1. The highest BCUT2D eigenvalue weighted by molar-refractivity contribution is 6.46. The molecule has 1 aliphatic heterocycles. The number of aromatic nitrogens is 1. The summed E-state index contributed by atoms with van der Waals surface area (Å²) in [5, 5.41) is 19.8. The van der Waals surface area contributed by atoms with Crippen LogP contribution >= 0.6 is 0 Å². The standard InChI is InChI=1S/C20H18N2O6/c1-28-14-6-4-12(5-7-14)18(25)16-17(13-3-2-9-21-11-13)22(10-8-15(23)24)20(27)19(16)26/h2-7,9,11,17,25H,8,10H2,1H3,(H,23,24)/t17-/m0/s1. The summed E-state index contributed by atoms with van der Waals surface area (Å²) in [6.07, 6.45) is 2.69. The van der Waals surface area contributed by atoms with Gasteiger partial charge in [0.05, 0.1) is 25.1 Å². The summed E-state index contributed by atoms with van der Waals surface area (Å²) in [5.41, 5.74) is 0.738. The Kier molecular flexibility index (Phi) is 5.39. The SMILES string of the molecule is COc1ccc(C(O)=C2C(=O)C(=O)N(CCC(=O)O)[C@H]2c2cccnc2)cc1. The molecule has 0 aliphatic carbocycles. The molecular weight excluding hydrogens is 364 g/mol. The number of Topliss-reactive ketones (excluding diaryl/α,β-unsaturated/α-hetero) is 1. The third-order valence-electron chi connectivity index (χ3n) is 4.47. The molecule has 2 N–H and O–H groups in total. The summed E-state index contributed by atoms with van der Waals surface area (Å²) in [6, 6.07) is 8.76. The van der Waals surface area contributed by atoms with Crippen molar-refractivity contribution in [1.29, 1.82) is 0 Å². The molecule has 1 aromatic carbocycles. The van der Waals surface area contributed by atoms with Crippen LogP contribution in [0.25, 0.3) is 5.76 Å². The Labute approximate surface area is 160 Å². The van der Waals surface area contributed by atoms with Gasteiger partial charge in [0.25, 0.3) is 11.7 Å². The molecule has 1 aliphatic rings. The Bertz CT molecular complexity index is 937. The summed E-state index contributed by atoms with van der Waals surface area (Å²) < 4.78 is 5.08. The van der Waals surface area contributed by atoms with Crippen molar-refractivity contribution in [3.63, 3.8) is 0 Å². The average Bonchev–Trinajstić information content (AvgIpc) is 2.97. The number of amides is 1. The number of methoxy groups -OCH3 is 1. The normalized spacial score (nSPS) is 18.3. The fourth-order valence-electron chi connectivity index (χ4n) is 3.12. The summed E-state index contributed by atoms with van der Waals surface area (Å²) in [7, 11) is 1.51. The molecule has 1 atom stereocenters. The van der Waals surface area contributed by atoms with E-state index in [4.69, 9.17) is 9.84 Å². The minimum atomic E-state index is -1.10. The van der Waals surface area contributed by atoms with E-state index in [1.807, 2.05) is 0 Å². The molecule has 144 valence electrons. The van der Waals surface area contributed by atoms with Crippen molar-refractivity contribution in [2.75, 3.05) is 13.7 Å². The lowest BCUT2D eigenvalue weighted by molar-refractivity contribution is -0.142. The largest absolute Gasteiger partial charge is 0.507 e. The fraction of sp³-hybridized carbons (Fsp3) is 0.200. The highest BCUT2D eigenvalue weighted by Crippen LogP contribution is 2.39. The van der Waals surface area contributed by atoms with Gasteiger partial charge >= 0.3 is 5.97 Å². The minimum absolute atomic E-state index is 0.103. The van der Waals surface area contributed by atoms with Gasteiger partial charge in [-0.15, -0.1) is 0 Å². The number of aliphatic carboxylic acids is 1. The molecule has 0 unspecified atom stereocenters. The number of nitrogens with zero attached hydrogens (tertiary/aromatic N) is 2. The van der Waals surface area contributed by atoms with Crippen LogP contribution in [0.3, 0.4) is 0 Å². The molecule has 1 amide bonds. The Balaban J connectivity index is 2.11. The Morgan fingerprint density at radius 1 is 1.18 bits per heavy atom. The molecule has 28 heavy (non-hydrogen) atoms. The molecular formula is C20H18N2O6. The predicted octanol–water partition coefficient (Wildman–Crippen LogP) is 1.99. The van der Waals surface area contributed by atoms with Gasteiger partial charge in [-0.1, -0.05) is 6.07 Å². The van der Waals surface area contributed by atoms with Gasteiger partial charge in [-0.3, -0.25) is 19.4 Å². The number of pyridine rings is 1. The Morgan fingerprint density at radius 3 is 2.46 bits per heavy atom. The van der Waals surface area contributed by atoms with Gasteiger partial charge in [0, 0.05) is 24.5 Å². The third kappa shape index (κ3) is 3.57. The first-order chi connectivity index (χ1) is 13.4. The van der Waals surface area contributed by atoms with Crippen LogP contribution in [-0.4, -0.2) is 51.4 Å². The molecule has 3 rings (SSSR count). The van der Waals surface area contributed by atoms with E-state index in [0.29, 0.717) is 16.9 Å². The van der Waals surface area contributed by atoms with Crippen LogP contribution in [0, 0.1) is 0 Å². The van der Waals surface area contributed by atoms with Crippen molar-refractivity contribution in [2.24, 2.45) is 0 Å². The minimum Gasteiger partial charge on any atom is -0.507 e. The molecule has 0 saturated carbocycles.